The van der Waals surface area contributed by atoms with Crippen LogP contribution >= 0.6 is 11.3 Å². The van der Waals surface area contributed by atoms with E-state index >= 15 is 0 Å². The number of piperazine rings is 1. The molecule has 1 aliphatic heterocycles. The average Bonchev–Trinajstić information content (AvgIpc) is 3.69. The number of pyridine rings is 1. The van der Waals surface area contributed by atoms with Crippen LogP contribution in [-0.2, 0) is 14.8 Å². The number of hydrogen-bond acceptors (Lipinski definition) is 6. The van der Waals surface area contributed by atoms with Crippen molar-refractivity contribution >= 4 is 44.5 Å². The van der Waals surface area contributed by atoms with Gasteiger partial charge in [-0.15, -0.1) is 11.3 Å². The highest BCUT2D eigenvalue weighted by Gasteiger charge is 2.44. The highest BCUT2D eigenvalue weighted by molar-refractivity contribution is 7.89. The predicted molar refractivity (Wildman–Crippen MR) is 159 cm³/mol. The first-order valence-corrected chi connectivity index (χ1v) is 16.5. The first-order chi connectivity index (χ1) is 19.8. The molecule has 2 aromatic heterocycles. The molecular weight excluding hydrogens is 558 g/mol. The molecule has 2 aliphatic carbocycles. The number of carbonyl (C=O) groups is 2. The third-order valence-electron chi connectivity index (χ3n) is 8.47. The Morgan fingerprint density at radius 2 is 1.80 bits per heavy atom. The van der Waals surface area contributed by atoms with E-state index in [1.807, 2.05) is 30.3 Å². The lowest BCUT2D eigenvalue weighted by Gasteiger charge is -2.44. The largest absolute Gasteiger partial charge is 0.477 e. The van der Waals surface area contributed by atoms with Gasteiger partial charge in [0, 0.05) is 17.6 Å². The number of aromatic nitrogens is 1. The maximum Gasteiger partial charge on any atom is 0.348 e. The summed E-state index contributed by atoms with van der Waals surface area (Å²) in [5, 5.41) is 10.1. The average molecular weight is 592 g/mol. The Hall–Kier alpha value is -3.34. The van der Waals surface area contributed by atoms with Gasteiger partial charge in [-0.2, -0.15) is 4.31 Å². The molecule has 3 heterocycles. The number of sulfonamides is 1. The number of carboxylic acid groups (broad SMARTS) is 1. The van der Waals surface area contributed by atoms with Crippen molar-refractivity contribution in [3.8, 4) is 10.4 Å². The fraction of sp³-hybridized carbons (Fsp3) is 0.387. The molecule has 1 N–H and O–H groups in total. The third-order valence-corrected chi connectivity index (χ3v) is 11.4. The zero-order valence-electron chi connectivity index (χ0n) is 22.7. The van der Waals surface area contributed by atoms with E-state index in [1.54, 1.807) is 23.1 Å². The highest BCUT2D eigenvalue weighted by atomic mass is 32.2. The van der Waals surface area contributed by atoms with Gasteiger partial charge in [-0.1, -0.05) is 55.7 Å². The van der Waals surface area contributed by atoms with Gasteiger partial charge in [0.2, 0.25) is 15.9 Å². The van der Waals surface area contributed by atoms with Crippen LogP contribution in [0, 0.1) is 5.92 Å². The molecule has 0 bridgehead atoms. The van der Waals surface area contributed by atoms with Gasteiger partial charge in [0.1, 0.15) is 9.77 Å². The maximum absolute atomic E-state index is 13.9. The number of anilines is 1. The Morgan fingerprint density at radius 1 is 1.02 bits per heavy atom. The Morgan fingerprint density at radius 3 is 2.46 bits per heavy atom. The number of carboxylic acids is 1. The van der Waals surface area contributed by atoms with E-state index in [9.17, 15) is 23.1 Å². The number of allylic oxidation sites excluding steroid dienone is 2. The van der Waals surface area contributed by atoms with Crippen LogP contribution in [0.25, 0.3) is 16.0 Å². The summed E-state index contributed by atoms with van der Waals surface area (Å²) in [6, 6.07) is 14.1. The normalized spacial score (nSPS) is 20.8. The van der Waals surface area contributed by atoms with Crippen molar-refractivity contribution in [2.45, 2.75) is 62.3 Å². The standard InChI is InChI=1S/C31H33N3O5S2/c35-29-20-33(41(38,39)24-15-16-25(32-18-24)21-9-7-8-10-21)19-27(22-11-3-1-4-12-22)34(29)26-17-28(40-30(26)31(36)37)23-13-5-2-6-14-23/h2,5-6,9,13-18,22,27H,1,3-4,7-8,10-12,19-20H2,(H,36,37). The lowest BCUT2D eigenvalue weighted by Crippen LogP contribution is -2.60. The predicted octanol–water partition coefficient (Wildman–Crippen LogP) is 6.06. The molecule has 10 heteroatoms. The van der Waals surface area contributed by atoms with Crippen LogP contribution in [-0.4, -0.2) is 53.8 Å². The molecule has 1 saturated heterocycles. The van der Waals surface area contributed by atoms with Crippen LogP contribution in [0.2, 0.25) is 0 Å². The number of benzene rings is 1. The number of carbonyl (C=O) groups excluding carboxylic acids is 1. The molecule has 6 rings (SSSR count). The molecule has 214 valence electrons. The topological polar surface area (TPSA) is 108 Å². The number of rotatable bonds is 7. The monoisotopic (exact) mass is 591 g/mol. The fourth-order valence-corrected chi connectivity index (χ4v) is 8.72. The van der Waals surface area contributed by atoms with Crippen molar-refractivity contribution in [1.82, 2.24) is 9.29 Å². The first-order valence-electron chi connectivity index (χ1n) is 14.2. The summed E-state index contributed by atoms with van der Waals surface area (Å²) < 4.78 is 28.9. The van der Waals surface area contributed by atoms with Gasteiger partial charge >= 0.3 is 5.97 Å². The molecule has 1 amide bonds. The molecule has 1 unspecified atom stereocenters. The number of hydrogen-bond donors (Lipinski definition) is 1. The summed E-state index contributed by atoms with van der Waals surface area (Å²) >= 11 is 1.14. The SMILES string of the molecule is O=C(O)c1sc(-c2ccccc2)cc1N1C(=O)CN(S(=O)(=O)c2ccc(C3=CCCC3)nc2)CC1C1CCCCC1. The third kappa shape index (κ3) is 5.48. The molecular formula is C31H33N3O5S2. The van der Waals surface area contributed by atoms with Gasteiger partial charge in [0.25, 0.3) is 0 Å². The summed E-state index contributed by atoms with van der Waals surface area (Å²) in [5.74, 6) is -1.43. The van der Waals surface area contributed by atoms with E-state index in [2.05, 4.69) is 11.1 Å². The lowest BCUT2D eigenvalue weighted by molar-refractivity contribution is -0.121. The van der Waals surface area contributed by atoms with Gasteiger partial charge in [0.15, 0.2) is 0 Å². The van der Waals surface area contributed by atoms with Gasteiger partial charge in [-0.3, -0.25) is 9.78 Å². The number of amides is 1. The van der Waals surface area contributed by atoms with Crippen molar-refractivity contribution in [3.05, 3.63) is 71.4 Å². The molecule has 8 nitrogen and oxygen atoms in total. The molecule has 3 aromatic rings. The van der Waals surface area contributed by atoms with Crippen molar-refractivity contribution in [2.24, 2.45) is 5.92 Å². The molecule has 0 spiro atoms. The molecule has 41 heavy (non-hydrogen) atoms. The zero-order chi connectivity index (χ0) is 28.6. The minimum atomic E-state index is -3.99. The van der Waals surface area contributed by atoms with Crippen LogP contribution in [0.15, 0.2) is 65.7 Å². The van der Waals surface area contributed by atoms with E-state index in [-0.39, 0.29) is 28.8 Å². The van der Waals surface area contributed by atoms with Gasteiger partial charge in [-0.25, -0.2) is 13.2 Å². The molecule has 2 fully saturated rings. The smallest absolute Gasteiger partial charge is 0.348 e. The Bertz CT molecular complexity index is 1580. The maximum atomic E-state index is 13.9. The highest BCUT2D eigenvalue weighted by Crippen LogP contribution is 2.42. The first kappa shape index (κ1) is 27.8. The van der Waals surface area contributed by atoms with Crippen molar-refractivity contribution in [3.63, 3.8) is 0 Å². The molecule has 1 atom stereocenters. The van der Waals surface area contributed by atoms with E-state index in [0.29, 0.717) is 5.69 Å². The van der Waals surface area contributed by atoms with Crippen LogP contribution in [0.1, 0.15) is 66.7 Å². The molecule has 3 aliphatic rings. The van der Waals surface area contributed by atoms with Crippen LogP contribution in [0.4, 0.5) is 5.69 Å². The van der Waals surface area contributed by atoms with Gasteiger partial charge < -0.3 is 10.0 Å². The second kappa shape index (κ2) is 11.5. The van der Waals surface area contributed by atoms with Crippen LogP contribution in [0.5, 0.6) is 0 Å². The second-order valence-electron chi connectivity index (χ2n) is 11.0. The van der Waals surface area contributed by atoms with E-state index in [1.165, 1.54) is 10.5 Å². The summed E-state index contributed by atoms with van der Waals surface area (Å²) in [7, 11) is -3.99. The molecule has 1 saturated carbocycles. The van der Waals surface area contributed by atoms with Crippen molar-refractivity contribution in [1.29, 1.82) is 0 Å². The molecule has 0 radical (unpaired) electrons. The van der Waals surface area contributed by atoms with E-state index < -0.39 is 27.9 Å². The van der Waals surface area contributed by atoms with Gasteiger partial charge in [0.05, 0.1) is 24.0 Å². The molecule has 1 aromatic carbocycles. The van der Waals surface area contributed by atoms with Crippen LogP contribution < -0.4 is 4.90 Å². The summed E-state index contributed by atoms with van der Waals surface area (Å²) in [6.45, 7) is -0.241. The summed E-state index contributed by atoms with van der Waals surface area (Å²) in [5.41, 5.74) is 3.15. The Kier molecular flexibility index (Phi) is 7.80. The summed E-state index contributed by atoms with van der Waals surface area (Å²) in [6.07, 6.45) is 11.4. The Labute approximate surface area is 244 Å². The minimum Gasteiger partial charge on any atom is -0.477 e. The Balaban J connectivity index is 1.35. The number of nitrogens with zero attached hydrogens (tertiary/aromatic N) is 3. The van der Waals surface area contributed by atoms with E-state index in [0.717, 1.165) is 84.4 Å². The quantitative estimate of drug-likeness (QED) is 0.358. The van der Waals surface area contributed by atoms with Gasteiger partial charge in [-0.05, 0) is 67.4 Å². The number of thiophene rings is 1. The van der Waals surface area contributed by atoms with Crippen molar-refractivity contribution < 1.29 is 23.1 Å². The second-order valence-corrected chi connectivity index (χ2v) is 14.0. The van der Waals surface area contributed by atoms with Crippen molar-refractivity contribution in [2.75, 3.05) is 18.0 Å². The fourth-order valence-electron chi connectivity index (χ4n) is 6.38. The lowest BCUT2D eigenvalue weighted by atomic mass is 9.82. The van der Waals surface area contributed by atoms with Crippen LogP contribution in [0.3, 0.4) is 0 Å². The summed E-state index contributed by atoms with van der Waals surface area (Å²) in [4.78, 5) is 33.2. The zero-order valence-corrected chi connectivity index (χ0v) is 24.4. The number of aromatic carboxylic acids is 1. The van der Waals surface area contributed by atoms with E-state index in [4.69, 9.17) is 0 Å². The minimum absolute atomic E-state index is 0.0663.